The average molecular weight is 320 g/mol. The molecule has 2 rings (SSSR count). The molecule has 126 valence electrons. The standard InChI is InChI=1S/C21H29BN2/c1-5-12-19(18(6-2)22(3)4)24-21-16-11-10-15-20(21)23-17-13-8-7-9-14-17/h5-6,10-13,15-16,23-24H,2,7-9,14H2,1,3-4H3/b12-5-,19-18-. The Labute approximate surface area is 147 Å². The number of anilines is 2. The Hall–Kier alpha value is -2.16. The van der Waals surface area contributed by atoms with Crippen LogP contribution in [-0.4, -0.2) is 6.71 Å². The van der Waals surface area contributed by atoms with E-state index in [9.17, 15) is 0 Å². The maximum Gasteiger partial charge on any atom is 0.172 e. The molecule has 0 radical (unpaired) electrons. The van der Waals surface area contributed by atoms with E-state index in [-0.39, 0.29) is 0 Å². The number of para-hydroxylation sites is 2. The number of nitrogens with one attached hydrogen (secondary N) is 2. The molecule has 24 heavy (non-hydrogen) atoms. The fourth-order valence-electron chi connectivity index (χ4n) is 3.00. The van der Waals surface area contributed by atoms with Crippen LogP contribution in [0.1, 0.15) is 32.6 Å². The predicted octanol–water partition coefficient (Wildman–Crippen LogP) is 6.28. The summed E-state index contributed by atoms with van der Waals surface area (Å²) < 4.78 is 0. The molecule has 0 aromatic heterocycles. The summed E-state index contributed by atoms with van der Waals surface area (Å²) in [4.78, 5) is 0. The SMILES string of the molecule is C=C/C(B(C)C)=C(\C=C/C)Nc1ccccc1NC1=CCCCC1. The normalized spacial score (nSPS) is 15.5. The van der Waals surface area contributed by atoms with Gasteiger partial charge in [-0.3, -0.25) is 0 Å². The lowest BCUT2D eigenvalue weighted by molar-refractivity contribution is 0.704. The van der Waals surface area contributed by atoms with Gasteiger partial charge in [0.1, 0.15) is 0 Å². The van der Waals surface area contributed by atoms with E-state index in [0.717, 1.165) is 23.5 Å². The lowest BCUT2D eigenvalue weighted by Gasteiger charge is -2.20. The van der Waals surface area contributed by atoms with Crippen LogP contribution in [0.4, 0.5) is 11.4 Å². The number of allylic oxidation sites excluding steroid dienone is 6. The molecule has 0 spiro atoms. The molecule has 0 heterocycles. The van der Waals surface area contributed by atoms with Gasteiger partial charge < -0.3 is 10.6 Å². The first-order valence-electron chi connectivity index (χ1n) is 8.97. The smallest absolute Gasteiger partial charge is 0.172 e. The third-order valence-corrected chi connectivity index (χ3v) is 4.27. The molecule has 0 bridgehead atoms. The van der Waals surface area contributed by atoms with Gasteiger partial charge in [0.2, 0.25) is 0 Å². The zero-order valence-electron chi connectivity index (χ0n) is 15.2. The van der Waals surface area contributed by atoms with Crippen LogP contribution in [0, 0.1) is 0 Å². The van der Waals surface area contributed by atoms with Crippen LogP contribution in [0.25, 0.3) is 0 Å². The number of benzene rings is 1. The van der Waals surface area contributed by atoms with Gasteiger partial charge in [0.25, 0.3) is 0 Å². The van der Waals surface area contributed by atoms with E-state index < -0.39 is 0 Å². The molecule has 0 saturated carbocycles. The summed E-state index contributed by atoms with van der Waals surface area (Å²) in [7, 11) is 0. The Kier molecular flexibility index (Phi) is 6.98. The van der Waals surface area contributed by atoms with Crippen molar-refractivity contribution in [2.75, 3.05) is 10.6 Å². The van der Waals surface area contributed by atoms with Crippen LogP contribution in [0.5, 0.6) is 0 Å². The van der Waals surface area contributed by atoms with E-state index in [4.69, 9.17) is 0 Å². The fraction of sp³-hybridized carbons (Fsp3) is 0.333. The second-order valence-corrected chi connectivity index (χ2v) is 6.50. The van der Waals surface area contributed by atoms with Crippen LogP contribution in [-0.2, 0) is 0 Å². The first-order valence-corrected chi connectivity index (χ1v) is 8.97. The molecule has 1 aromatic rings. The Balaban J connectivity index is 2.30. The van der Waals surface area contributed by atoms with Gasteiger partial charge in [0.05, 0.1) is 11.4 Å². The van der Waals surface area contributed by atoms with E-state index in [2.05, 4.69) is 73.4 Å². The minimum Gasteiger partial charge on any atom is -0.358 e. The third kappa shape index (κ3) is 4.92. The highest BCUT2D eigenvalue weighted by Crippen LogP contribution is 2.28. The van der Waals surface area contributed by atoms with Crippen molar-refractivity contribution in [2.45, 2.75) is 46.3 Å². The topological polar surface area (TPSA) is 24.1 Å². The second kappa shape index (κ2) is 9.22. The third-order valence-electron chi connectivity index (χ3n) is 4.27. The zero-order chi connectivity index (χ0) is 17.4. The summed E-state index contributed by atoms with van der Waals surface area (Å²) in [5.74, 6) is 0. The molecule has 0 fully saturated rings. The first kappa shape index (κ1) is 18.2. The summed E-state index contributed by atoms with van der Waals surface area (Å²) in [6, 6.07) is 8.40. The zero-order valence-corrected chi connectivity index (χ0v) is 15.2. The average Bonchev–Trinajstić information content (AvgIpc) is 2.58. The van der Waals surface area contributed by atoms with Gasteiger partial charge in [0.15, 0.2) is 6.71 Å². The van der Waals surface area contributed by atoms with Gasteiger partial charge in [0, 0.05) is 11.4 Å². The molecule has 1 aliphatic carbocycles. The molecule has 0 unspecified atom stereocenters. The van der Waals surface area contributed by atoms with Crippen molar-refractivity contribution in [3.8, 4) is 0 Å². The van der Waals surface area contributed by atoms with Crippen molar-refractivity contribution in [1.82, 2.24) is 0 Å². The summed E-state index contributed by atoms with van der Waals surface area (Å²) in [6.45, 7) is 10.8. The van der Waals surface area contributed by atoms with Gasteiger partial charge in [-0.2, -0.15) is 0 Å². The van der Waals surface area contributed by atoms with Crippen LogP contribution in [0.3, 0.4) is 0 Å². The van der Waals surface area contributed by atoms with Crippen LogP contribution >= 0.6 is 0 Å². The van der Waals surface area contributed by atoms with Crippen LogP contribution < -0.4 is 10.6 Å². The van der Waals surface area contributed by atoms with Gasteiger partial charge >= 0.3 is 0 Å². The maximum absolute atomic E-state index is 3.99. The summed E-state index contributed by atoms with van der Waals surface area (Å²) >= 11 is 0. The molecule has 1 aromatic carbocycles. The first-order chi connectivity index (χ1) is 11.7. The summed E-state index contributed by atoms with van der Waals surface area (Å²) in [5.41, 5.74) is 5.88. The molecule has 0 aliphatic heterocycles. The molecule has 0 saturated heterocycles. The van der Waals surface area contributed by atoms with Gasteiger partial charge in [-0.05, 0) is 50.8 Å². The molecule has 2 N–H and O–H groups in total. The Bertz CT molecular complexity index is 654. The van der Waals surface area contributed by atoms with Crippen molar-refractivity contribution in [3.05, 3.63) is 72.0 Å². The fourth-order valence-corrected chi connectivity index (χ4v) is 3.00. The van der Waals surface area contributed by atoms with Crippen LogP contribution in [0.15, 0.2) is 72.0 Å². The number of rotatable bonds is 7. The number of hydrogen-bond donors (Lipinski definition) is 2. The van der Waals surface area contributed by atoms with Crippen LogP contribution in [0.2, 0.25) is 13.6 Å². The highest BCUT2D eigenvalue weighted by atomic mass is 15.0. The number of hydrogen-bond acceptors (Lipinski definition) is 2. The van der Waals surface area contributed by atoms with E-state index >= 15 is 0 Å². The van der Waals surface area contributed by atoms with E-state index in [0.29, 0.717) is 6.71 Å². The minimum atomic E-state index is 0.419. The lowest BCUT2D eigenvalue weighted by atomic mass is 9.48. The molecule has 1 aliphatic rings. The molecule has 3 heteroatoms. The second-order valence-electron chi connectivity index (χ2n) is 6.50. The van der Waals surface area contributed by atoms with Gasteiger partial charge in [-0.15, -0.1) is 0 Å². The Morgan fingerprint density at radius 2 is 1.92 bits per heavy atom. The lowest BCUT2D eigenvalue weighted by Crippen LogP contribution is -2.12. The highest BCUT2D eigenvalue weighted by Gasteiger charge is 2.11. The summed E-state index contributed by atoms with van der Waals surface area (Å²) in [5, 5.41) is 7.21. The Morgan fingerprint density at radius 3 is 2.50 bits per heavy atom. The van der Waals surface area contributed by atoms with E-state index in [1.54, 1.807) is 0 Å². The quantitative estimate of drug-likeness (QED) is 0.456. The van der Waals surface area contributed by atoms with Crippen molar-refractivity contribution < 1.29 is 0 Å². The van der Waals surface area contributed by atoms with Crippen molar-refractivity contribution >= 4 is 18.1 Å². The van der Waals surface area contributed by atoms with Crippen molar-refractivity contribution in [1.29, 1.82) is 0 Å². The largest absolute Gasteiger partial charge is 0.358 e. The molecule has 0 amide bonds. The maximum atomic E-state index is 3.99. The van der Waals surface area contributed by atoms with Crippen molar-refractivity contribution in [2.24, 2.45) is 0 Å². The minimum absolute atomic E-state index is 0.419. The van der Waals surface area contributed by atoms with Gasteiger partial charge in [-0.25, -0.2) is 0 Å². The molecule has 2 nitrogen and oxygen atoms in total. The summed E-state index contributed by atoms with van der Waals surface area (Å²) in [6.07, 6.45) is 13.3. The molecular weight excluding hydrogens is 291 g/mol. The monoisotopic (exact) mass is 320 g/mol. The van der Waals surface area contributed by atoms with E-state index in [1.165, 1.54) is 30.4 Å². The predicted molar refractivity (Wildman–Crippen MR) is 110 cm³/mol. The molecular formula is C21H29BN2. The van der Waals surface area contributed by atoms with E-state index in [1.807, 2.05) is 13.0 Å². The Morgan fingerprint density at radius 1 is 1.17 bits per heavy atom. The highest BCUT2D eigenvalue weighted by molar-refractivity contribution is 6.65. The molecule has 0 atom stereocenters. The van der Waals surface area contributed by atoms with Gasteiger partial charge in [-0.1, -0.05) is 56.1 Å². The van der Waals surface area contributed by atoms with Crippen molar-refractivity contribution in [3.63, 3.8) is 0 Å².